The summed E-state index contributed by atoms with van der Waals surface area (Å²) < 4.78 is 0. The maximum absolute atomic E-state index is 11.5. The number of hydrogen-bond donors (Lipinski definition) is 3. The van der Waals surface area contributed by atoms with Gasteiger partial charge in [0.15, 0.2) is 0 Å². The fourth-order valence-corrected chi connectivity index (χ4v) is 1.49. The van der Waals surface area contributed by atoms with Crippen molar-refractivity contribution < 1.29 is 4.79 Å². The molecule has 0 aliphatic rings. The summed E-state index contributed by atoms with van der Waals surface area (Å²) in [7, 11) is 0. The highest BCUT2D eigenvalue weighted by Gasteiger charge is 2.08. The minimum Gasteiger partial charge on any atom is -0.370 e. The molecule has 0 fully saturated rings. The lowest BCUT2D eigenvalue weighted by Crippen LogP contribution is -2.12. The van der Waals surface area contributed by atoms with E-state index in [2.05, 4.69) is 15.0 Å². The number of rotatable bonds is 3. The maximum Gasteiger partial charge on any atom is 0.260 e. The minimum atomic E-state index is -0.385. The molecule has 2 aromatic rings. The number of carbonyl (C=O) groups excluding carboxylic acids is 1. The molecule has 2 aromatic heterocycles. The molecule has 6 heteroatoms. The first-order valence-corrected chi connectivity index (χ1v) is 4.50. The van der Waals surface area contributed by atoms with Gasteiger partial charge in [-0.05, 0) is 12.0 Å². The van der Waals surface area contributed by atoms with E-state index in [4.69, 9.17) is 5.73 Å². The molecule has 0 atom stereocenters. The van der Waals surface area contributed by atoms with Crippen molar-refractivity contribution in [3.63, 3.8) is 0 Å². The SMILES string of the molecule is NC(=O)CCc1c[nH]c2nc[nH]c(=O)c12. The number of primary amides is 1. The molecule has 78 valence electrons. The molecule has 0 spiro atoms. The Morgan fingerprint density at radius 3 is 3.00 bits per heavy atom. The third-order valence-electron chi connectivity index (χ3n) is 2.20. The molecule has 0 aromatic carbocycles. The van der Waals surface area contributed by atoms with Crippen molar-refractivity contribution in [2.24, 2.45) is 5.73 Å². The molecule has 0 unspecified atom stereocenters. The predicted molar refractivity (Wildman–Crippen MR) is 54.2 cm³/mol. The summed E-state index contributed by atoms with van der Waals surface area (Å²) in [6, 6.07) is 0. The van der Waals surface area contributed by atoms with E-state index in [9.17, 15) is 9.59 Å². The van der Waals surface area contributed by atoms with Gasteiger partial charge in [0, 0.05) is 12.6 Å². The van der Waals surface area contributed by atoms with Crippen LogP contribution in [0.4, 0.5) is 0 Å². The smallest absolute Gasteiger partial charge is 0.260 e. The van der Waals surface area contributed by atoms with Gasteiger partial charge in [-0.15, -0.1) is 0 Å². The van der Waals surface area contributed by atoms with E-state index in [1.165, 1.54) is 6.33 Å². The van der Waals surface area contributed by atoms with Gasteiger partial charge < -0.3 is 15.7 Å². The number of carbonyl (C=O) groups is 1. The van der Waals surface area contributed by atoms with Crippen LogP contribution in [0, 0.1) is 0 Å². The Morgan fingerprint density at radius 1 is 1.47 bits per heavy atom. The third-order valence-corrected chi connectivity index (χ3v) is 2.20. The van der Waals surface area contributed by atoms with E-state index in [1.807, 2.05) is 0 Å². The highest BCUT2D eigenvalue weighted by Crippen LogP contribution is 2.12. The molecular formula is C9H10N4O2. The normalized spacial score (nSPS) is 10.7. The first-order valence-electron chi connectivity index (χ1n) is 4.50. The summed E-state index contributed by atoms with van der Waals surface area (Å²) in [6.07, 6.45) is 3.68. The van der Waals surface area contributed by atoms with E-state index in [0.717, 1.165) is 5.56 Å². The van der Waals surface area contributed by atoms with Crippen LogP contribution in [0.15, 0.2) is 17.3 Å². The standard InChI is InChI=1S/C9H10N4O2/c10-6(14)2-1-5-3-11-8-7(5)9(15)13-4-12-8/h3-4H,1-2H2,(H2,10,14)(H2,11,12,13,15). The molecule has 4 N–H and O–H groups in total. The number of aromatic amines is 2. The van der Waals surface area contributed by atoms with E-state index < -0.39 is 0 Å². The number of amides is 1. The number of nitrogens with zero attached hydrogens (tertiary/aromatic N) is 1. The molecule has 0 radical (unpaired) electrons. The average Bonchev–Trinajstić information content (AvgIpc) is 2.59. The summed E-state index contributed by atoms with van der Waals surface area (Å²) in [6.45, 7) is 0. The van der Waals surface area contributed by atoms with Gasteiger partial charge in [-0.1, -0.05) is 0 Å². The highest BCUT2D eigenvalue weighted by molar-refractivity contribution is 5.80. The van der Waals surface area contributed by atoms with Crippen molar-refractivity contribution in [2.75, 3.05) is 0 Å². The van der Waals surface area contributed by atoms with Gasteiger partial charge >= 0.3 is 0 Å². The summed E-state index contributed by atoms with van der Waals surface area (Å²) in [5.41, 5.74) is 6.12. The van der Waals surface area contributed by atoms with E-state index in [1.54, 1.807) is 6.20 Å². The van der Waals surface area contributed by atoms with Gasteiger partial charge in [-0.3, -0.25) is 9.59 Å². The van der Waals surface area contributed by atoms with Gasteiger partial charge in [-0.25, -0.2) is 4.98 Å². The summed E-state index contributed by atoms with van der Waals surface area (Å²) in [5, 5.41) is 0.499. The molecule has 0 bridgehead atoms. The predicted octanol–water partition coefficient (Wildman–Crippen LogP) is -0.331. The molecule has 0 aliphatic heterocycles. The molecule has 2 rings (SSSR count). The van der Waals surface area contributed by atoms with Crippen LogP contribution in [0.3, 0.4) is 0 Å². The molecule has 1 amide bonds. The van der Waals surface area contributed by atoms with Gasteiger partial charge in [0.2, 0.25) is 5.91 Å². The zero-order valence-corrected chi connectivity index (χ0v) is 7.91. The Kier molecular flexibility index (Phi) is 2.24. The minimum absolute atomic E-state index is 0.208. The Balaban J connectivity index is 2.44. The number of fused-ring (bicyclic) bond motifs is 1. The Bertz CT molecular complexity index is 554. The number of nitrogens with two attached hydrogens (primary N) is 1. The van der Waals surface area contributed by atoms with Crippen LogP contribution in [0.1, 0.15) is 12.0 Å². The number of nitrogens with one attached hydrogen (secondary N) is 2. The van der Waals surface area contributed by atoms with Gasteiger partial charge in [0.05, 0.1) is 11.7 Å². The number of H-pyrrole nitrogens is 2. The van der Waals surface area contributed by atoms with Crippen molar-refractivity contribution >= 4 is 16.9 Å². The highest BCUT2D eigenvalue weighted by atomic mass is 16.1. The summed E-state index contributed by atoms with van der Waals surface area (Å²) in [5.74, 6) is -0.385. The summed E-state index contributed by atoms with van der Waals surface area (Å²) >= 11 is 0. The van der Waals surface area contributed by atoms with Crippen LogP contribution < -0.4 is 11.3 Å². The van der Waals surface area contributed by atoms with Crippen molar-refractivity contribution in [1.29, 1.82) is 0 Å². The van der Waals surface area contributed by atoms with Crippen LogP contribution >= 0.6 is 0 Å². The van der Waals surface area contributed by atoms with E-state index in [-0.39, 0.29) is 17.9 Å². The van der Waals surface area contributed by atoms with E-state index >= 15 is 0 Å². The maximum atomic E-state index is 11.5. The molecule has 0 aliphatic carbocycles. The molecule has 2 heterocycles. The first kappa shape index (κ1) is 9.45. The third kappa shape index (κ3) is 1.74. The molecular weight excluding hydrogens is 196 g/mol. The zero-order chi connectivity index (χ0) is 10.8. The molecule has 0 saturated carbocycles. The fourth-order valence-electron chi connectivity index (χ4n) is 1.49. The second kappa shape index (κ2) is 3.56. The lowest BCUT2D eigenvalue weighted by Gasteiger charge is -1.94. The Labute approximate surface area is 84.5 Å². The second-order valence-corrected chi connectivity index (χ2v) is 3.24. The number of aryl methyl sites for hydroxylation is 1. The largest absolute Gasteiger partial charge is 0.370 e. The van der Waals surface area contributed by atoms with Crippen LogP contribution in [0.5, 0.6) is 0 Å². The quantitative estimate of drug-likeness (QED) is 0.640. The lowest BCUT2D eigenvalue weighted by atomic mass is 10.1. The summed E-state index contributed by atoms with van der Waals surface area (Å²) in [4.78, 5) is 31.4. The number of aromatic nitrogens is 3. The lowest BCUT2D eigenvalue weighted by molar-refractivity contribution is -0.117. The van der Waals surface area contributed by atoms with Crippen molar-refractivity contribution in [2.45, 2.75) is 12.8 Å². The van der Waals surface area contributed by atoms with E-state index in [0.29, 0.717) is 17.5 Å². The van der Waals surface area contributed by atoms with Crippen LogP contribution in [-0.2, 0) is 11.2 Å². The van der Waals surface area contributed by atoms with Crippen LogP contribution in [0.2, 0.25) is 0 Å². The van der Waals surface area contributed by atoms with Gasteiger partial charge in [0.1, 0.15) is 5.65 Å². The first-order chi connectivity index (χ1) is 7.18. The topological polar surface area (TPSA) is 105 Å². The van der Waals surface area contributed by atoms with Gasteiger partial charge in [-0.2, -0.15) is 0 Å². The van der Waals surface area contributed by atoms with Crippen molar-refractivity contribution in [1.82, 2.24) is 15.0 Å². The van der Waals surface area contributed by atoms with Gasteiger partial charge in [0.25, 0.3) is 5.56 Å². The second-order valence-electron chi connectivity index (χ2n) is 3.24. The Morgan fingerprint density at radius 2 is 2.27 bits per heavy atom. The van der Waals surface area contributed by atoms with Crippen molar-refractivity contribution in [3.05, 3.63) is 28.4 Å². The molecule has 15 heavy (non-hydrogen) atoms. The number of hydrogen-bond acceptors (Lipinski definition) is 3. The van der Waals surface area contributed by atoms with Crippen LogP contribution in [-0.4, -0.2) is 20.9 Å². The molecule has 6 nitrogen and oxygen atoms in total. The Hall–Kier alpha value is -2.11. The fraction of sp³-hybridized carbons (Fsp3) is 0.222. The van der Waals surface area contributed by atoms with Crippen molar-refractivity contribution in [3.8, 4) is 0 Å². The average molecular weight is 206 g/mol. The zero-order valence-electron chi connectivity index (χ0n) is 7.91. The molecule has 0 saturated heterocycles. The van der Waals surface area contributed by atoms with Crippen LogP contribution in [0.25, 0.3) is 11.0 Å². The monoisotopic (exact) mass is 206 g/mol.